The molecule has 1 saturated heterocycles. The summed E-state index contributed by atoms with van der Waals surface area (Å²) in [5, 5.41) is 0. The van der Waals surface area contributed by atoms with E-state index in [0.717, 1.165) is 17.7 Å². The van der Waals surface area contributed by atoms with Gasteiger partial charge in [0, 0.05) is 23.5 Å². The molecular weight excluding hydrogens is 337 g/mol. The summed E-state index contributed by atoms with van der Waals surface area (Å²) < 4.78 is 19.3. The van der Waals surface area contributed by atoms with Gasteiger partial charge in [-0.05, 0) is 43.4 Å². The van der Waals surface area contributed by atoms with Gasteiger partial charge in [0.1, 0.15) is 5.82 Å². The van der Waals surface area contributed by atoms with Gasteiger partial charge >= 0.3 is 0 Å². The predicted molar refractivity (Wildman–Crippen MR) is 96.5 cm³/mol. The van der Waals surface area contributed by atoms with Crippen molar-refractivity contribution in [2.24, 2.45) is 0 Å². The Labute approximate surface area is 151 Å². The van der Waals surface area contributed by atoms with Gasteiger partial charge in [-0.1, -0.05) is 24.6 Å². The summed E-state index contributed by atoms with van der Waals surface area (Å²) in [6.45, 7) is 1.44. The zero-order chi connectivity index (χ0) is 17.2. The van der Waals surface area contributed by atoms with Crippen LogP contribution in [0.4, 0.5) is 4.39 Å². The lowest BCUT2D eigenvalue weighted by Gasteiger charge is -2.38. The molecule has 4 rings (SSSR count). The fourth-order valence-electron chi connectivity index (χ4n) is 3.46. The van der Waals surface area contributed by atoms with Gasteiger partial charge in [-0.2, -0.15) is 0 Å². The first-order valence-corrected chi connectivity index (χ1v) is 9.78. The summed E-state index contributed by atoms with van der Waals surface area (Å²) in [7, 11) is 0. The molecule has 2 aliphatic rings. The Morgan fingerprint density at radius 3 is 2.84 bits per heavy atom. The maximum absolute atomic E-state index is 13.6. The molecule has 2 heterocycles. The first-order valence-electron chi connectivity index (χ1n) is 8.96. The molecular formula is C20H22FNO2S. The number of hydrogen-bond acceptors (Lipinski definition) is 3. The average molecular weight is 359 g/mol. The van der Waals surface area contributed by atoms with E-state index in [4.69, 9.17) is 4.74 Å². The molecule has 1 fully saturated rings. The summed E-state index contributed by atoms with van der Waals surface area (Å²) in [6.07, 6.45) is 5.97. The minimum atomic E-state index is -0.241. The Morgan fingerprint density at radius 1 is 1.20 bits per heavy atom. The van der Waals surface area contributed by atoms with Crippen LogP contribution in [0.1, 0.15) is 44.9 Å². The van der Waals surface area contributed by atoms with Gasteiger partial charge < -0.3 is 9.64 Å². The van der Waals surface area contributed by atoms with Crippen molar-refractivity contribution < 1.29 is 13.9 Å². The summed E-state index contributed by atoms with van der Waals surface area (Å²) in [6, 6.07) is 8.75. The first-order chi connectivity index (χ1) is 12.2. The number of rotatable bonds is 4. The minimum Gasteiger partial charge on any atom is -0.370 e. The molecule has 0 unspecified atom stereocenters. The molecule has 1 aromatic heterocycles. The van der Waals surface area contributed by atoms with Gasteiger partial charge in [0.15, 0.2) is 0 Å². The Hall–Kier alpha value is -1.72. The number of benzene rings is 1. The van der Waals surface area contributed by atoms with Crippen LogP contribution in [0, 0.1) is 5.82 Å². The zero-order valence-electron chi connectivity index (χ0n) is 14.2. The lowest BCUT2D eigenvalue weighted by molar-refractivity contribution is -0.0508. The molecule has 0 atom stereocenters. The molecule has 1 aliphatic heterocycles. The van der Waals surface area contributed by atoms with Crippen LogP contribution in [0.3, 0.4) is 0 Å². The topological polar surface area (TPSA) is 29.5 Å². The molecule has 25 heavy (non-hydrogen) atoms. The molecule has 0 spiro atoms. The van der Waals surface area contributed by atoms with Gasteiger partial charge in [-0.3, -0.25) is 4.79 Å². The van der Waals surface area contributed by atoms with E-state index in [1.165, 1.54) is 35.8 Å². The largest absolute Gasteiger partial charge is 0.370 e. The average Bonchev–Trinajstić information content (AvgIpc) is 2.85. The van der Waals surface area contributed by atoms with E-state index in [1.807, 2.05) is 4.90 Å². The van der Waals surface area contributed by atoms with Crippen molar-refractivity contribution >= 4 is 17.2 Å². The number of halogens is 1. The van der Waals surface area contributed by atoms with Crippen molar-refractivity contribution in [2.45, 2.75) is 44.8 Å². The SMILES string of the molecule is O=C(c1cc2c(s1)CCCCC2)N1CC(OCc2ccccc2F)C1. The van der Waals surface area contributed by atoms with E-state index in [2.05, 4.69) is 6.07 Å². The van der Waals surface area contributed by atoms with Crippen molar-refractivity contribution in [2.75, 3.05) is 13.1 Å². The number of nitrogens with zero attached hydrogens (tertiary/aromatic N) is 1. The van der Waals surface area contributed by atoms with Crippen molar-refractivity contribution in [3.05, 3.63) is 57.0 Å². The molecule has 0 radical (unpaired) electrons. The Kier molecular flexibility index (Phi) is 4.86. The van der Waals surface area contributed by atoms with Crippen LogP contribution >= 0.6 is 11.3 Å². The van der Waals surface area contributed by atoms with Crippen molar-refractivity contribution in [3.8, 4) is 0 Å². The van der Waals surface area contributed by atoms with E-state index < -0.39 is 0 Å². The number of fused-ring (bicyclic) bond motifs is 1. The molecule has 1 aromatic carbocycles. The number of likely N-dealkylation sites (tertiary alicyclic amines) is 1. The third-order valence-corrected chi connectivity index (χ3v) is 6.25. The highest BCUT2D eigenvalue weighted by atomic mass is 32.1. The van der Waals surface area contributed by atoms with E-state index in [0.29, 0.717) is 18.7 Å². The van der Waals surface area contributed by atoms with E-state index >= 15 is 0 Å². The van der Waals surface area contributed by atoms with Crippen LogP contribution < -0.4 is 0 Å². The minimum absolute atomic E-state index is 0.00124. The second kappa shape index (κ2) is 7.26. The quantitative estimate of drug-likeness (QED) is 0.766. The Bertz CT molecular complexity index is 743. The third-order valence-electron chi connectivity index (χ3n) is 5.03. The lowest BCUT2D eigenvalue weighted by Crippen LogP contribution is -2.54. The fourth-order valence-corrected chi connectivity index (χ4v) is 4.68. The molecule has 5 heteroatoms. The maximum Gasteiger partial charge on any atom is 0.264 e. The Morgan fingerprint density at radius 2 is 2.00 bits per heavy atom. The second-order valence-corrected chi connectivity index (χ2v) is 7.99. The summed E-state index contributed by atoms with van der Waals surface area (Å²) in [5.41, 5.74) is 1.94. The molecule has 3 nitrogen and oxygen atoms in total. The van der Waals surface area contributed by atoms with E-state index in [1.54, 1.807) is 29.5 Å². The molecule has 0 bridgehead atoms. The molecule has 0 saturated carbocycles. The van der Waals surface area contributed by atoms with Crippen LogP contribution in [0.2, 0.25) is 0 Å². The van der Waals surface area contributed by atoms with Crippen molar-refractivity contribution in [3.63, 3.8) is 0 Å². The highest BCUT2D eigenvalue weighted by Crippen LogP contribution is 2.30. The van der Waals surface area contributed by atoms with Gasteiger partial charge in [0.05, 0.1) is 17.6 Å². The smallest absolute Gasteiger partial charge is 0.264 e. The lowest BCUT2D eigenvalue weighted by atomic mass is 10.1. The maximum atomic E-state index is 13.6. The van der Waals surface area contributed by atoms with Gasteiger partial charge in [0.2, 0.25) is 0 Å². The molecule has 0 N–H and O–H groups in total. The molecule has 1 aliphatic carbocycles. The predicted octanol–water partition coefficient (Wildman–Crippen LogP) is 4.20. The van der Waals surface area contributed by atoms with Crippen LogP contribution in [0.25, 0.3) is 0 Å². The number of carbonyl (C=O) groups is 1. The van der Waals surface area contributed by atoms with Crippen LogP contribution in [0.5, 0.6) is 0 Å². The highest BCUT2D eigenvalue weighted by Gasteiger charge is 2.33. The summed E-state index contributed by atoms with van der Waals surface area (Å²) >= 11 is 1.67. The standard InChI is InChI=1S/C20H22FNO2S/c21-17-8-5-4-7-15(17)13-24-16-11-22(12-16)20(23)19-10-14-6-2-1-3-9-18(14)25-19/h4-5,7-8,10,16H,1-3,6,9,11-13H2. The molecule has 132 valence electrons. The number of ether oxygens (including phenoxy) is 1. The molecule has 1 amide bonds. The van der Waals surface area contributed by atoms with Crippen LogP contribution in [0.15, 0.2) is 30.3 Å². The van der Waals surface area contributed by atoms with E-state index in [-0.39, 0.29) is 24.4 Å². The number of thiophene rings is 1. The monoisotopic (exact) mass is 359 g/mol. The second-order valence-electron chi connectivity index (χ2n) is 6.85. The van der Waals surface area contributed by atoms with Crippen molar-refractivity contribution in [1.29, 1.82) is 0 Å². The number of carbonyl (C=O) groups excluding carboxylic acids is 1. The van der Waals surface area contributed by atoms with Crippen LogP contribution in [-0.2, 0) is 24.2 Å². The summed E-state index contributed by atoms with van der Waals surface area (Å²) in [5.74, 6) is -0.126. The van der Waals surface area contributed by atoms with E-state index in [9.17, 15) is 9.18 Å². The summed E-state index contributed by atoms with van der Waals surface area (Å²) in [4.78, 5) is 16.7. The number of hydrogen-bond donors (Lipinski definition) is 0. The fraction of sp³-hybridized carbons (Fsp3) is 0.450. The number of amides is 1. The highest BCUT2D eigenvalue weighted by molar-refractivity contribution is 7.14. The normalized spacial score (nSPS) is 17.7. The molecule has 2 aromatic rings. The third kappa shape index (κ3) is 3.62. The van der Waals surface area contributed by atoms with Crippen molar-refractivity contribution in [1.82, 2.24) is 4.90 Å². The van der Waals surface area contributed by atoms with Crippen LogP contribution in [-0.4, -0.2) is 30.0 Å². The van der Waals surface area contributed by atoms with Gasteiger partial charge in [0.25, 0.3) is 5.91 Å². The number of aryl methyl sites for hydroxylation is 2. The Balaban J connectivity index is 1.30. The first kappa shape index (κ1) is 16.7. The van der Waals surface area contributed by atoms with Gasteiger partial charge in [-0.15, -0.1) is 11.3 Å². The zero-order valence-corrected chi connectivity index (χ0v) is 15.0. The van der Waals surface area contributed by atoms with Gasteiger partial charge in [-0.25, -0.2) is 4.39 Å².